The summed E-state index contributed by atoms with van der Waals surface area (Å²) in [6.45, 7) is 0.572. The van der Waals surface area contributed by atoms with Gasteiger partial charge < -0.3 is 14.4 Å². The number of carbonyl (C=O) groups is 1. The number of ether oxygens (including phenoxy) is 2. The molecule has 2 aliphatic heterocycles. The zero-order chi connectivity index (χ0) is 19.1. The Kier molecular flexibility index (Phi) is 4.24. The van der Waals surface area contributed by atoms with Crippen molar-refractivity contribution in [2.75, 3.05) is 13.7 Å². The Morgan fingerprint density at radius 2 is 1.89 bits per heavy atom. The van der Waals surface area contributed by atoms with Crippen LogP contribution in [0.2, 0.25) is 0 Å². The number of methoxy groups -OCH3 is 1. The minimum Gasteiger partial charge on any atom is -0.497 e. The van der Waals surface area contributed by atoms with Gasteiger partial charge in [-0.3, -0.25) is 4.79 Å². The molecule has 0 saturated carbocycles. The number of benzene rings is 2. The summed E-state index contributed by atoms with van der Waals surface area (Å²) in [5.41, 5.74) is 3.15. The maximum absolute atomic E-state index is 13.0. The van der Waals surface area contributed by atoms with E-state index in [0.717, 1.165) is 30.6 Å². The van der Waals surface area contributed by atoms with Gasteiger partial charge in [0.25, 0.3) is 0 Å². The standard InChI is InChI=1S/C24H25NO3/c1-27-19-11-9-17(10-12-19)20-8-5-15-24-21(20)13-14-23(26)25(24)22(16-28-24)18-6-3-2-4-7-18/h2-4,6-12,21-22H,5,13-16H2,1H3/t21-,22-,24-/m0/s1. The summed E-state index contributed by atoms with van der Waals surface area (Å²) in [5, 5.41) is 0. The average Bonchev–Trinajstić information content (AvgIpc) is 3.14. The molecule has 3 aliphatic rings. The van der Waals surface area contributed by atoms with E-state index in [0.29, 0.717) is 13.0 Å². The molecule has 1 aliphatic carbocycles. The zero-order valence-corrected chi connectivity index (χ0v) is 16.1. The van der Waals surface area contributed by atoms with Gasteiger partial charge in [0.1, 0.15) is 5.75 Å². The van der Waals surface area contributed by atoms with Crippen molar-refractivity contribution in [3.63, 3.8) is 0 Å². The fourth-order valence-corrected chi connectivity index (χ4v) is 5.26. The summed E-state index contributed by atoms with van der Waals surface area (Å²) < 4.78 is 11.8. The normalized spacial score (nSPS) is 29.1. The molecule has 4 nitrogen and oxygen atoms in total. The Morgan fingerprint density at radius 1 is 1.11 bits per heavy atom. The van der Waals surface area contributed by atoms with Crippen LogP contribution in [-0.2, 0) is 9.53 Å². The van der Waals surface area contributed by atoms with Crippen molar-refractivity contribution in [1.29, 1.82) is 0 Å². The van der Waals surface area contributed by atoms with Crippen molar-refractivity contribution in [2.45, 2.75) is 37.5 Å². The van der Waals surface area contributed by atoms with Crippen LogP contribution in [-0.4, -0.2) is 30.2 Å². The first-order chi connectivity index (χ1) is 13.7. The van der Waals surface area contributed by atoms with E-state index < -0.39 is 5.72 Å². The average molecular weight is 375 g/mol. The van der Waals surface area contributed by atoms with Gasteiger partial charge in [-0.2, -0.15) is 0 Å². The molecule has 28 heavy (non-hydrogen) atoms. The SMILES string of the molecule is COc1ccc(C2=CCC[C@@]34OC[C@@H](c5ccccc5)N3C(=O)CC[C@@H]24)cc1. The molecule has 0 unspecified atom stereocenters. The predicted octanol–water partition coefficient (Wildman–Crippen LogP) is 4.58. The molecule has 2 saturated heterocycles. The number of allylic oxidation sites excluding steroid dienone is 1. The van der Waals surface area contributed by atoms with Crippen LogP contribution in [0.5, 0.6) is 5.75 Å². The van der Waals surface area contributed by atoms with Gasteiger partial charge in [0.15, 0.2) is 5.72 Å². The van der Waals surface area contributed by atoms with Crippen molar-refractivity contribution in [3.8, 4) is 5.75 Å². The first-order valence-electron chi connectivity index (χ1n) is 10.1. The Bertz CT molecular complexity index is 905. The summed E-state index contributed by atoms with van der Waals surface area (Å²) in [5.74, 6) is 1.29. The van der Waals surface area contributed by atoms with E-state index in [-0.39, 0.29) is 17.9 Å². The summed E-state index contributed by atoms with van der Waals surface area (Å²) in [6, 6.07) is 18.6. The Balaban J connectivity index is 1.53. The van der Waals surface area contributed by atoms with Gasteiger partial charge >= 0.3 is 0 Å². The maximum atomic E-state index is 13.0. The molecule has 4 heteroatoms. The highest BCUT2D eigenvalue weighted by Crippen LogP contribution is 2.54. The van der Waals surface area contributed by atoms with Crippen LogP contribution < -0.4 is 4.74 Å². The number of hydrogen-bond acceptors (Lipinski definition) is 3. The summed E-state index contributed by atoms with van der Waals surface area (Å²) in [7, 11) is 1.69. The van der Waals surface area contributed by atoms with Crippen LogP contribution in [0, 0.1) is 5.92 Å². The lowest BCUT2D eigenvalue weighted by molar-refractivity contribution is -0.171. The van der Waals surface area contributed by atoms with Crippen molar-refractivity contribution in [2.24, 2.45) is 5.92 Å². The second-order valence-corrected chi connectivity index (χ2v) is 7.86. The molecule has 3 atom stereocenters. The fraction of sp³-hybridized carbons (Fsp3) is 0.375. The molecule has 0 aromatic heterocycles. The third-order valence-electron chi connectivity index (χ3n) is 6.52. The van der Waals surface area contributed by atoms with Crippen LogP contribution in [0.3, 0.4) is 0 Å². The lowest BCUT2D eigenvalue weighted by atomic mass is 9.72. The van der Waals surface area contributed by atoms with E-state index in [1.54, 1.807) is 7.11 Å². The third-order valence-corrected chi connectivity index (χ3v) is 6.52. The van der Waals surface area contributed by atoms with Gasteiger partial charge in [-0.1, -0.05) is 48.5 Å². The number of carbonyl (C=O) groups excluding carboxylic acids is 1. The van der Waals surface area contributed by atoms with Gasteiger partial charge in [-0.15, -0.1) is 0 Å². The molecule has 2 aromatic rings. The third kappa shape index (κ3) is 2.59. The molecule has 0 radical (unpaired) electrons. The highest BCUT2D eigenvalue weighted by molar-refractivity contribution is 5.82. The first kappa shape index (κ1) is 17.5. The Morgan fingerprint density at radius 3 is 2.64 bits per heavy atom. The monoisotopic (exact) mass is 375 g/mol. The van der Waals surface area contributed by atoms with Crippen LogP contribution in [0.25, 0.3) is 5.57 Å². The molecule has 1 spiro atoms. The van der Waals surface area contributed by atoms with Crippen LogP contribution in [0.1, 0.15) is 42.9 Å². The number of amides is 1. The Labute approximate surface area is 165 Å². The van der Waals surface area contributed by atoms with Crippen LogP contribution >= 0.6 is 0 Å². The minimum absolute atomic E-state index is 0.00622. The van der Waals surface area contributed by atoms with E-state index >= 15 is 0 Å². The van der Waals surface area contributed by atoms with Gasteiger partial charge in [0.05, 0.1) is 19.8 Å². The smallest absolute Gasteiger partial charge is 0.225 e. The highest BCUT2D eigenvalue weighted by atomic mass is 16.5. The minimum atomic E-state index is -0.514. The van der Waals surface area contributed by atoms with E-state index in [4.69, 9.17) is 9.47 Å². The van der Waals surface area contributed by atoms with Crippen LogP contribution in [0.4, 0.5) is 0 Å². The van der Waals surface area contributed by atoms with Gasteiger partial charge in [-0.05, 0) is 48.1 Å². The fourth-order valence-electron chi connectivity index (χ4n) is 5.26. The van der Waals surface area contributed by atoms with E-state index in [2.05, 4.69) is 35.2 Å². The molecule has 0 bridgehead atoms. The molecule has 0 N–H and O–H groups in total. The second-order valence-electron chi connectivity index (χ2n) is 7.86. The zero-order valence-electron chi connectivity index (χ0n) is 16.1. The Hall–Kier alpha value is -2.59. The highest BCUT2D eigenvalue weighted by Gasteiger charge is 2.58. The van der Waals surface area contributed by atoms with E-state index in [9.17, 15) is 4.79 Å². The van der Waals surface area contributed by atoms with E-state index in [1.165, 1.54) is 11.1 Å². The molecular weight excluding hydrogens is 350 g/mol. The number of hydrogen-bond donors (Lipinski definition) is 0. The summed E-state index contributed by atoms with van der Waals surface area (Å²) in [4.78, 5) is 15.1. The molecule has 2 aromatic carbocycles. The second kappa shape index (κ2) is 6.78. The molecule has 1 amide bonds. The lowest BCUT2D eigenvalue weighted by Gasteiger charge is -2.50. The van der Waals surface area contributed by atoms with Crippen molar-refractivity contribution in [1.82, 2.24) is 4.90 Å². The predicted molar refractivity (Wildman–Crippen MR) is 108 cm³/mol. The van der Waals surface area contributed by atoms with Crippen LogP contribution in [0.15, 0.2) is 60.7 Å². The van der Waals surface area contributed by atoms with Crippen molar-refractivity contribution in [3.05, 3.63) is 71.8 Å². The number of rotatable bonds is 3. The topological polar surface area (TPSA) is 38.8 Å². The molecule has 2 heterocycles. The molecule has 5 rings (SSSR count). The summed E-state index contributed by atoms with van der Waals surface area (Å²) in [6.07, 6.45) is 5.54. The van der Waals surface area contributed by atoms with E-state index in [1.807, 2.05) is 30.3 Å². The largest absolute Gasteiger partial charge is 0.497 e. The number of nitrogens with zero attached hydrogens (tertiary/aromatic N) is 1. The maximum Gasteiger partial charge on any atom is 0.225 e. The number of piperidine rings is 1. The van der Waals surface area contributed by atoms with Gasteiger partial charge in [0, 0.05) is 12.3 Å². The lowest BCUT2D eigenvalue weighted by Crippen LogP contribution is -2.58. The van der Waals surface area contributed by atoms with Gasteiger partial charge in [-0.25, -0.2) is 0 Å². The first-order valence-corrected chi connectivity index (χ1v) is 10.1. The molecule has 2 fully saturated rings. The molecule has 144 valence electrons. The van der Waals surface area contributed by atoms with Gasteiger partial charge in [0.2, 0.25) is 5.91 Å². The molecular formula is C24H25NO3. The quantitative estimate of drug-likeness (QED) is 0.788. The van der Waals surface area contributed by atoms with Crippen molar-refractivity contribution < 1.29 is 14.3 Å². The summed E-state index contributed by atoms with van der Waals surface area (Å²) >= 11 is 0. The van der Waals surface area contributed by atoms with Crippen molar-refractivity contribution >= 4 is 11.5 Å².